The number of benzene rings is 3. The van der Waals surface area contributed by atoms with Crippen LogP contribution >= 0.6 is 0 Å². The molecule has 1 N–H and O–H groups in total. The summed E-state index contributed by atoms with van der Waals surface area (Å²) in [5.74, 6) is 2.19. The van der Waals surface area contributed by atoms with Gasteiger partial charge in [0.25, 0.3) is 5.91 Å². The number of carbonyl (C=O) groups is 1. The van der Waals surface area contributed by atoms with Crippen LogP contribution in [0.25, 0.3) is 0 Å². The van der Waals surface area contributed by atoms with Gasteiger partial charge in [0.15, 0.2) is 17.2 Å². The Labute approximate surface area is 157 Å². The van der Waals surface area contributed by atoms with Gasteiger partial charge < -0.3 is 19.5 Å². The van der Waals surface area contributed by atoms with Crippen LogP contribution < -0.4 is 19.5 Å². The predicted molar refractivity (Wildman–Crippen MR) is 103 cm³/mol. The minimum absolute atomic E-state index is 0.156. The van der Waals surface area contributed by atoms with Crippen LogP contribution in [0.15, 0.2) is 72.8 Å². The lowest BCUT2D eigenvalue weighted by atomic mass is 10.2. The third-order valence-corrected chi connectivity index (χ3v) is 4.16. The first-order valence-electron chi connectivity index (χ1n) is 8.72. The van der Waals surface area contributed by atoms with Gasteiger partial charge in [-0.3, -0.25) is 4.79 Å². The molecule has 3 aromatic rings. The van der Waals surface area contributed by atoms with Gasteiger partial charge >= 0.3 is 0 Å². The van der Waals surface area contributed by atoms with E-state index in [4.69, 9.17) is 14.2 Å². The van der Waals surface area contributed by atoms with Crippen LogP contribution in [0, 0.1) is 6.92 Å². The van der Waals surface area contributed by atoms with Gasteiger partial charge in [0.2, 0.25) is 6.10 Å². The van der Waals surface area contributed by atoms with Gasteiger partial charge in [-0.1, -0.05) is 36.4 Å². The van der Waals surface area contributed by atoms with Crippen LogP contribution in [0.2, 0.25) is 0 Å². The van der Waals surface area contributed by atoms with Gasteiger partial charge in [-0.05, 0) is 48.9 Å². The quantitative estimate of drug-likeness (QED) is 0.740. The second-order valence-electron chi connectivity index (χ2n) is 6.27. The minimum atomic E-state index is -0.730. The van der Waals surface area contributed by atoms with Crippen molar-refractivity contribution in [3.63, 3.8) is 0 Å². The van der Waals surface area contributed by atoms with Crippen molar-refractivity contribution in [2.24, 2.45) is 0 Å². The molecule has 1 unspecified atom stereocenters. The molecule has 27 heavy (non-hydrogen) atoms. The largest absolute Gasteiger partial charge is 0.485 e. The fraction of sp³-hybridized carbons (Fsp3) is 0.136. The Morgan fingerprint density at radius 1 is 1.00 bits per heavy atom. The van der Waals surface area contributed by atoms with E-state index in [1.54, 1.807) is 12.1 Å². The molecular formula is C22H19NO4. The van der Waals surface area contributed by atoms with Gasteiger partial charge in [-0.25, -0.2) is 0 Å². The first-order chi connectivity index (χ1) is 13.2. The maximum atomic E-state index is 12.7. The molecule has 0 radical (unpaired) electrons. The second-order valence-corrected chi connectivity index (χ2v) is 6.27. The first-order valence-corrected chi connectivity index (χ1v) is 8.72. The summed E-state index contributed by atoms with van der Waals surface area (Å²) in [5.41, 5.74) is 1.67. The number of amides is 1. The van der Waals surface area contributed by atoms with Crippen molar-refractivity contribution in [3.05, 3.63) is 78.4 Å². The number of anilines is 1. The minimum Gasteiger partial charge on any atom is -0.485 e. The highest BCUT2D eigenvalue weighted by Crippen LogP contribution is 2.33. The molecule has 0 fully saturated rings. The van der Waals surface area contributed by atoms with E-state index in [-0.39, 0.29) is 12.5 Å². The number of nitrogens with one attached hydrogen (secondary N) is 1. The lowest BCUT2D eigenvalue weighted by Crippen LogP contribution is -2.40. The molecule has 3 aromatic carbocycles. The highest BCUT2D eigenvalue weighted by molar-refractivity contribution is 5.96. The van der Waals surface area contributed by atoms with Crippen molar-refractivity contribution in [3.8, 4) is 23.0 Å². The Kier molecular flexibility index (Phi) is 4.66. The SMILES string of the molecule is Cc1cccc(Oc2ccccc2NC(=O)C2COc3ccccc3O2)c1. The Hall–Kier alpha value is -3.47. The standard InChI is InChI=1S/C22H19NO4/c1-15-7-6-8-16(13-15)26-18-10-3-2-9-17(18)23-22(24)21-14-25-19-11-4-5-12-20(19)27-21/h2-13,21H,14H2,1H3,(H,23,24). The van der Waals surface area contributed by atoms with E-state index >= 15 is 0 Å². The summed E-state index contributed by atoms with van der Waals surface area (Å²) < 4.78 is 17.3. The normalized spacial score (nSPS) is 15.1. The van der Waals surface area contributed by atoms with Crippen molar-refractivity contribution in [2.45, 2.75) is 13.0 Å². The highest BCUT2D eigenvalue weighted by atomic mass is 16.6. The maximum Gasteiger partial charge on any atom is 0.269 e. The number of rotatable bonds is 4. The van der Waals surface area contributed by atoms with Crippen molar-refractivity contribution in [2.75, 3.05) is 11.9 Å². The molecule has 5 nitrogen and oxygen atoms in total. The number of carbonyl (C=O) groups excluding carboxylic acids is 1. The molecule has 0 bridgehead atoms. The smallest absolute Gasteiger partial charge is 0.269 e. The van der Waals surface area contributed by atoms with E-state index in [9.17, 15) is 4.79 Å². The fourth-order valence-corrected chi connectivity index (χ4v) is 2.83. The summed E-state index contributed by atoms with van der Waals surface area (Å²) in [6.07, 6.45) is -0.730. The molecule has 0 saturated carbocycles. The topological polar surface area (TPSA) is 56.8 Å². The second kappa shape index (κ2) is 7.41. The third-order valence-electron chi connectivity index (χ3n) is 4.16. The zero-order valence-electron chi connectivity index (χ0n) is 14.8. The van der Waals surface area contributed by atoms with Crippen molar-refractivity contribution < 1.29 is 19.0 Å². The van der Waals surface area contributed by atoms with Crippen molar-refractivity contribution >= 4 is 11.6 Å². The monoisotopic (exact) mass is 361 g/mol. The van der Waals surface area contributed by atoms with Crippen LogP contribution in [0.4, 0.5) is 5.69 Å². The Morgan fingerprint density at radius 3 is 2.63 bits per heavy atom. The lowest BCUT2D eigenvalue weighted by molar-refractivity contribution is -0.125. The van der Waals surface area contributed by atoms with Crippen LogP contribution in [-0.2, 0) is 4.79 Å². The molecule has 0 saturated heterocycles. The molecule has 4 rings (SSSR count). The van der Waals surface area contributed by atoms with E-state index < -0.39 is 6.10 Å². The summed E-state index contributed by atoms with van der Waals surface area (Å²) in [7, 11) is 0. The summed E-state index contributed by atoms with van der Waals surface area (Å²) in [6, 6.07) is 22.3. The first kappa shape index (κ1) is 17.0. The molecular weight excluding hydrogens is 342 g/mol. The van der Waals surface area contributed by atoms with Crippen LogP contribution in [0.3, 0.4) is 0 Å². The molecule has 136 valence electrons. The van der Waals surface area contributed by atoms with Gasteiger partial charge in [0.05, 0.1) is 5.69 Å². The summed E-state index contributed by atoms with van der Waals surface area (Å²) in [5, 5.41) is 2.88. The zero-order valence-corrected chi connectivity index (χ0v) is 14.8. The van der Waals surface area contributed by atoms with Crippen LogP contribution in [-0.4, -0.2) is 18.6 Å². The predicted octanol–water partition coefficient (Wildman–Crippen LogP) is 4.57. The summed E-state index contributed by atoms with van der Waals surface area (Å²) in [4.78, 5) is 12.7. The van der Waals surface area contributed by atoms with Gasteiger partial charge in [-0.2, -0.15) is 0 Å². The number of hydrogen-bond donors (Lipinski definition) is 1. The molecule has 1 aliphatic heterocycles. The molecule has 5 heteroatoms. The number of aryl methyl sites for hydroxylation is 1. The van der Waals surface area contributed by atoms with E-state index in [1.165, 1.54) is 0 Å². The van der Waals surface area contributed by atoms with Gasteiger partial charge in [0.1, 0.15) is 12.4 Å². The molecule has 1 aliphatic rings. The summed E-state index contributed by atoms with van der Waals surface area (Å²) >= 11 is 0. The highest BCUT2D eigenvalue weighted by Gasteiger charge is 2.27. The molecule has 0 aliphatic carbocycles. The van der Waals surface area contributed by atoms with E-state index in [0.717, 1.165) is 5.56 Å². The molecule has 1 atom stereocenters. The Morgan fingerprint density at radius 2 is 1.78 bits per heavy atom. The van der Waals surface area contributed by atoms with Crippen LogP contribution in [0.1, 0.15) is 5.56 Å². The Balaban J connectivity index is 1.49. The average Bonchev–Trinajstić information content (AvgIpc) is 2.69. The van der Waals surface area contributed by atoms with Crippen LogP contribution in [0.5, 0.6) is 23.0 Å². The number of fused-ring (bicyclic) bond motifs is 1. The van der Waals surface area contributed by atoms with E-state index in [1.807, 2.05) is 67.6 Å². The Bertz CT molecular complexity index is 970. The zero-order chi connectivity index (χ0) is 18.6. The molecule has 0 aromatic heterocycles. The lowest BCUT2D eigenvalue weighted by Gasteiger charge is -2.25. The number of hydrogen-bond acceptors (Lipinski definition) is 4. The van der Waals surface area contributed by atoms with E-state index in [2.05, 4.69) is 5.32 Å². The van der Waals surface area contributed by atoms with Crippen molar-refractivity contribution in [1.82, 2.24) is 0 Å². The van der Waals surface area contributed by atoms with Gasteiger partial charge in [0, 0.05) is 0 Å². The van der Waals surface area contributed by atoms with Crippen molar-refractivity contribution in [1.29, 1.82) is 0 Å². The average molecular weight is 361 g/mol. The summed E-state index contributed by atoms with van der Waals surface area (Å²) in [6.45, 7) is 2.16. The third kappa shape index (κ3) is 3.87. The maximum absolute atomic E-state index is 12.7. The molecule has 1 amide bonds. The molecule has 0 spiro atoms. The number of ether oxygens (including phenoxy) is 3. The van der Waals surface area contributed by atoms with E-state index in [0.29, 0.717) is 28.7 Å². The fourth-order valence-electron chi connectivity index (χ4n) is 2.83. The van der Waals surface area contributed by atoms with Gasteiger partial charge in [-0.15, -0.1) is 0 Å². The molecule has 1 heterocycles. The number of para-hydroxylation sites is 4.